The van der Waals surface area contributed by atoms with E-state index in [1.807, 2.05) is 19.9 Å². The van der Waals surface area contributed by atoms with Crippen LogP contribution in [0.1, 0.15) is 23.6 Å². The molecule has 2 aromatic rings. The molecule has 0 heterocycles. The van der Waals surface area contributed by atoms with Crippen molar-refractivity contribution in [1.29, 1.82) is 0 Å². The smallest absolute Gasteiger partial charge is 0.418 e. The van der Waals surface area contributed by atoms with E-state index in [0.717, 1.165) is 23.3 Å². The minimum Gasteiger partial charge on any atom is -0.494 e. The van der Waals surface area contributed by atoms with Crippen LogP contribution < -0.4 is 15.2 Å². The summed E-state index contributed by atoms with van der Waals surface area (Å²) in [6.07, 6.45) is -4.72. The highest BCUT2D eigenvalue weighted by Gasteiger charge is 2.34. The van der Waals surface area contributed by atoms with Crippen LogP contribution in [0.4, 0.5) is 18.9 Å². The van der Waals surface area contributed by atoms with Crippen LogP contribution in [-0.4, -0.2) is 15.0 Å². The van der Waals surface area contributed by atoms with Gasteiger partial charge in [-0.2, -0.15) is 13.2 Å². The number of aryl methyl sites for hydroxylation is 1. The van der Waals surface area contributed by atoms with Gasteiger partial charge in [-0.15, -0.1) is 0 Å². The summed E-state index contributed by atoms with van der Waals surface area (Å²) in [4.78, 5) is -0.590. The van der Waals surface area contributed by atoms with Crippen LogP contribution in [0.15, 0.2) is 41.3 Å². The molecule has 2 aromatic carbocycles. The second-order valence-electron chi connectivity index (χ2n) is 5.64. The number of ether oxygens (including phenoxy) is 1. The Balaban J connectivity index is 2.28. The number of nitrogens with one attached hydrogen (secondary N) is 1. The van der Waals surface area contributed by atoms with Crippen LogP contribution in [-0.2, 0) is 22.7 Å². The van der Waals surface area contributed by atoms with Gasteiger partial charge in [-0.3, -0.25) is 0 Å². The predicted octanol–water partition coefficient (Wildman–Crippen LogP) is 3.67. The van der Waals surface area contributed by atoms with Gasteiger partial charge in [0.2, 0.25) is 10.0 Å². The number of hydrogen-bond acceptors (Lipinski definition) is 4. The molecule has 2 rings (SSSR count). The SMILES string of the molecule is CCOc1ccc(CNc2ccc(S(N)(=O)=O)cc2C(F)(F)F)cc1C. The maximum Gasteiger partial charge on any atom is 0.418 e. The van der Waals surface area contributed by atoms with Crippen LogP contribution in [0, 0.1) is 6.92 Å². The predicted molar refractivity (Wildman–Crippen MR) is 92.5 cm³/mol. The second kappa shape index (κ2) is 7.55. The van der Waals surface area contributed by atoms with E-state index in [1.165, 1.54) is 0 Å². The summed E-state index contributed by atoms with van der Waals surface area (Å²) in [5, 5.41) is 7.61. The molecule has 0 bridgehead atoms. The van der Waals surface area contributed by atoms with Gasteiger partial charge in [0, 0.05) is 12.2 Å². The lowest BCUT2D eigenvalue weighted by molar-refractivity contribution is -0.137. The second-order valence-corrected chi connectivity index (χ2v) is 7.20. The summed E-state index contributed by atoms with van der Waals surface area (Å²) in [5.74, 6) is 0.713. The van der Waals surface area contributed by atoms with Crippen LogP contribution in [0.5, 0.6) is 5.75 Å². The van der Waals surface area contributed by atoms with Crippen molar-refractivity contribution in [2.24, 2.45) is 5.14 Å². The van der Waals surface area contributed by atoms with Crippen molar-refractivity contribution in [2.45, 2.75) is 31.5 Å². The molecule has 26 heavy (non-hydrogen) atoms. The molecule has 0 aliphatic rings. The number of halogens is 3. The average molecular weight is 388 g/mol. The average Bonchev–Trinajstić information content (AvgIpc) is 2.53. The molecule has 0 aliphatic carbocycles. The molecule has 9 heteroatoms. The van der Waals surface area contributed by atoms with E-state index in [4.69, 9.17) is 9.88 Å². The van der Waals surface area contributed by atoms with E-state index < -0.39 is 26.7 Å². The van der Waals surface area contributed by atoms with E-state index >= 15 is 0 Å². The van der Waals surface area contributed by atoms with Crippen LogP contribution in [0.3, 0.4) is 0 Å². The quantitative estimate of drug-likeness (QED) is 0.791. The summed E-state index contributed by atoms with van der Waals surface area (Å²) in [6, 6.07) is 7.94. The Morgan fingerprint density at radius 3 is 2.38 bits per heavy atom. The summed E-state index contributed by atoms with van der Waals surface area (Å²) < 4.78 is 67.8. The molecule has 0 fully saturated rings. The van der Waals surface area contributed by atoms with Gasteiger partial charge in [0.15, 0.2) is 0 Å². The van der Waals surface area contributed by atoms with Crippen LogP contribution in [0.25, 0.3) is 0 Å². The first kappa shape index (κ1) is 20.1. The Morgan fingerprint density at radius 2 is 1.85 bits per heavy atom. The lowest BCUT2D eigenvalue weighted by atomic mass is 10.1. The van der Waals surface area contributed by atoms with E-state index in [1.54, 1.807) is 12.1 Å². The molecule has 0 spiro atoms. The Morgan fingerprint density at radius 1 is 1.15 bits per heavy atom. The van der Waals surface area contributed by atoms with Gasteiger partial charge >= 0.3 is 6.18 Å². The molecule has 0 saturated carbocycles. The lowest BCUT2D eigenvalue weighted by Crippen LogP contribution is -2.16. The number of alkyl halides is 3. The highest BCUT2D eigenvalue weighted by atomic mass is 32.2. The van der Waals surface area contributed by atoms with Crippen molar-refractivity contribution >= 4 is 15.7 Å². The number of primary sulfonamides is 1. The minimum atomic E-state index is -4.72. The van der Waals surface area contributed by atoms with Crippen LogP contribution >= 0.6 is 0 Å². The Bertz CT molecular complexity index is 897. The van der Waals surface area contributed by atoms with Crippen molar-refractivity contribution < 1.29 is 26.3 Å². The standard InChI is InChI=1S/C17H19F3N2O3S/c1-3-25-16-7-4-12(8-11(16)2)10-22-15-6-5-13(26(21,23)24)9-14(15)17(18,19)20/h4-9,22H,3,10H2,1-2H3,(H2,21,23,24). The first-order valence-electron chi connectivity index (χ1n) is 7.72. The van der Waals surface area contributed by atoms with Crippen LogP contribution in [0.2, 0.25) is 0 Å². The number of sulfonamides is 1. The van der Waals surface area contributed by atoms with Gasteiger partial charge in [-0.1, -0.05) is 12.1 Å². The molecule has 3 N–H and O–H groups in total. The van der Waals surface area contributed by atoms with E-state index in [-0.39, 0.29) is 12.2 Å². The topological polar surface area (TPSA) is 81.4 Å². The molecule has 0 amide bonds. The fourth-order valence-corrected chi connectivity index (χ4v) is 2.97. The van der Waals surface area contributed by atoms with E-state index in [9.17, 15) is 21.6 Å². The molecule has 0 aliphatic heterocycles. The van der Waals surface area contributed by atoms with E-state index in [2.05, 4.69) is 5.32 Å². The molecule has 0 aromatic heterocycles. The highest BCUT2D eigenvalue weighted by Crippen LogP contribution is 2.36. The van der Waals surface area contributed by atoms with Gasteiger partial charge in [-0.25, -0.2) is 13.6 Å². The van der Waals surface area contributed by atoms with Gasteiger partial charge in [0.1, 0.15) is 5.75 Å². The fraction of sp³-hybridized carbons (Fsp3) is 0.294. The maximum absolute atomic E-state index is 13.3. The van der Waals surface area contributed by atoms with Crippen molar-refractivity contribution in [2.75, 3.05) is 11.9 Å². The summed E-state index contributed by atoms with van der Waals surface area (Å²) >= 11 is 0. The van der Waals surface area contributed by atoms with Crippen molar-refractivity contribution in [3.63, 3.8) is 0 Å². The van der Waals surface area contributed by atoms with Crippen molar-refractivity contribution in [3.05, 3.63) is 53.1 Å². The molecule has 5 nitrogen and oxygen atoms in total. The molecule has 0 atom stereocenters. The third-order valence-electron chi connectivity index (χ3n) is 3.65. The highest BCUT2D eigenvalue weighted by molar-refractivity contribution is 7.89. The number of benzene rings is 2. The first-order chi connectivity index (χ1) is 12.0. The molecule has 0 unspecified atom stereocenters. The van der Waals surface area contributed by atoms with Crippen molar-refractivity contribution in [3.8, 4) is 5.75 Å². The minimum absolute atomic E-state index is 0.130. The van der Waals surface area contributed by atoms with Crippen molar-refractivity contribution in [1.82, 2.24) is 0 Å². The summed E-state index contributed by atoms with van der Waals surface area (Å²) in [7, 11) is -4.23. The zero-order chi connectivity index (χ0) is 19.5. The molecule has 0 radical (unpaired) electrons. The monoisotopic (exact) mass is 388 g/mol. The Labute approximate surface area is 150 Å². The number of hydrogen-bond donors (Lipinski definition) is 2. The Kier molecular flexibility index (Phi) is 5.82. The number of nitrogens with two attached hydrogens (primary N) is 1. The first-order valence-corrected chi connectivity index (χ1v) is 9.27. The molecule has 142 valence electrons. The number of rotatable bonds is 6. The summed E-state index contributed by atoms with van der Waals surface area (Å²) in [6.45, 7) is 4.35. The zero-order valence-electron chi connectivity index (χ0n) is 14.2. The normalized spacial score (nSPS) is 12.1. The van der Waals surface area contributed by atoms with Gasteiger partial charge < -0.3 is 10.1 Å². The van der Waals surface area contributed by atoms with E-state index in [0.29, 0.717) is 18.4 Å². The third kappa shape index (κ3) is 4.89. The van der Waals surface area contributed by atoms with Gasteiger partial charge in [-0.05, 0) is 49.2 Å². The summed E-state index contributed by atoms with van der Waals surface area (Å²) in [5.41, 5.74) is 0.310. The molecular weight excluding hydrogens is 369 g/mol. The van der Waals surface area contributed by atoms with Gasteiger partial charge in [0.25, 0.3) is 0 Å². The lowest BCUT2D eigenvalue weighted by Gasteiger charge is -2.16. The Hall–Kier alpha value is -2.26. The zero-order valence-corrected chi connectivity index (χ0v) is 15.0. The third-order valence-corrected chi connectivity index (χ3v) is 4.56. The largest absolute Gasteiger partial charge is 0.494 e. The molecular formula is C17H19F3N2O3S. The molecule has 0 saturated heterocycles. The maximum atomic E-state index is 13.3. The fourth-order valence-electron chi connectivity index (χ4n) is 2.43. The number of anilines is 1. The van der Waals surface area contributed by atoms with Gasteiger partial charge in [0.05, 0.1) is 17.1 Å².